The second-order valence-electron chi connectivity index (χ2n) is 10.1. The van der Waals surface area contributed by atoms with Gasteiger partial charge in [-0.3, -0.25) is 0 Å². The van der Waals surface area contributed by atoms with Gasteiger partial charge >= 0.3 is 0 Å². The number of allylic oxidation sites excluding steroid dienone is 3. The van der Waals surface area contributed by atoms with Gasteiger partial charge in [0, 0.05) is 0 Å². The van der Waals surface area contributed by atoms with Gasteiger partial charge in [-0.15, -0.1) is 0 Å². The second-order valence-corrected chi connectivity index (χ2v) is 10.1. The van der Waals surface area contributed by atoms with Crippen LogP contribution >= 0.6 is 0 Å². The molecule has 0 spiro atoms. The van der Waals surface area contributed by atoms with Gasteiger partial charge in [0.1, 0.15) is 0 Å². The lowest BCUT2D eigenvalue weighted by atomic mass is 9.40. The molecule has 6 atom stereocenters. The van der Waals surface area contributed by atoms with E-state index in [1.165, 1.54) is 63.4 Å². The van der Waals surface area contributed by atoms with E-state index in [1.54, 1.807) is 5.57 Å². The summed E-state index contributed by atoms with van der Waals surface area (Å²) < 4.78 is 0. The third-order valence-electron chi connectivity index (χ3n) is 9.50. The Morgan fingerprint density at radius 1 is 0.957 bits per heavy atom. The van der Waals surface area contributed by atoms with Crippen LogP contribution in [0.25, 0.3) is 0 Å². The summed E-state index contributed by atoms with van der Waals surface area (Å²) >= 11 is 0. The van der Waals surface area contributed by atoms with Gasteiger partial charge in [-0.25, -0.2) is 0 Å². The smallest absolute Gasteiger partial charge is 0.00853 e. The molecule has 128 valence electrons. The number of hydrogen-bond acceptors (Lipinski definition) is 0. The van der Waals surface area contributed by atoms with Crippen LogP contribution in [-0.2, 0) is 0 Å². The zero-order chi connectivity index (χ0) is 16.5. The molecule has 0 radical (unpaired) electrons. The van der Waals surface area contributed by atoms with Crippen LogP contribution in [0.3, 0.4) is 0 Å². The number of rotatable bonds is 0. The maximum absolute atomic E-state index is 4.36. The van der Waals surface area contributed by atoms with Crippen molar-refractivity contribution >= 4 is 0 Å². The van der Waals surface area contributed by atoms with Crippen LogP contribution in [0.4, 0.5) is 0 Å². The first-order valence-electron chi connectivity index (χ1n) is 10.2. The first-order chi connectivity index (χ1) is 10.8. The molecule has 0 nitrogen and oxygen atoms in total. The first-order valence-corrected chi connectivity index (χ1v) is 10.2. The van der Waals surface area contributed by atoms with E-state index >= 15 is 0 Å². The molecule has 0 aromatic carbocycles. The Morgan fingerprint density at radius 2 is 1.74 bits per heavy atom. The van der Waals surface area contributed by atoms with Gasteiger partial charge in [0.15, 0.2) is 0 Å². The van der Waals surface area contributed by atoms with Crippen LogP contribution in [0, 0.1) is 34.0 Å². The minimum Gasteiger partial charge on any atom is -0.0998 e. The van der Waals surface area contributed by atoms with E-state index in [1.807, 2.05) is 0 Å². The van der Waals surface area contributed by atoms with E-state index < -0.39 is 0 Å². The molecule has 0 amide bonds. The molecule has 4 aliphatic rings. The molecular formula is C23H36. The topological polar surface area (TPSA) is 0 Å². The van der Waals surface area contributed by atoms with E-state index in [0.29, 0.717) is 16.2 Å². The summed E-state index contributed by atoms with van der Waals surface area (Å²) in [5, 5.41) is 0. The lowest BCUT2D eigenvalue weighted by Gasteiger charge is -2.64. The molecule has 0 N–H and O–H groups in total. The van der Waals surface area contributed by atoms with Crippen LogP contribution in [0.1, 0.15) is 85.5 Å². The minimum absolute atomic E-state index is 0.527. The summed E-state index contributed by atoms with van der Waals surface area (Å²) in [6.45, 7) is 14.5. The zero-order valence-corrected chi connectivity index (χ0v) is 15.9. The summed E-state index contributed by atoms with van der Waals surface area (Å²) in [5.41, 5.74) is 4.95. The molecule has 23 heavy (non-hydrogen) atoms. The third kappa shape index (κ3) is 1.96. The maximum atomic E-state index is 4.36. The first kappa shape index (κ1) is 16.0. The van der Waals surface area contributed by atoms with Crippen molar-refractivity contribution in [3.8, 4) is 0 Å². The van der Waals surface area contributed by atoms with Crippen molar-refractivity contribution in [3.05, 3.63) is 23.8 Å². The van der Waals surface area contributed by atoms with Crippen molar-refractivity contribution < 1.29 is 0 Å². The number of hydrogen-bond donors (Lipinski definition) is 0. The van der Waals surface area contributed by atoms with Crippen LogP contribution in [0.5, 0.6) is 0 Å². The van der Waals surface area contributed by atoms with Crippen molar-refractivity contribution in [2.24, 2.45) is 34.0 Å². The standard InChI is InChI=1S/C23H36/c1-6-17-7-8-19-18-10-12-21(3)15-16(2)9-14-23(21,5)20(18)11-13-22(17,19)4/h6,18-20H,2,7-15H2,1,3-5H3. The van der Waals surface area contributed by atoms with Gasteiger partial charge in [0.05, 0.1) is 0 Å². The maximum Gasteiger partial charge on any atom is -0.00853 e. The average molecular weight is 313 g/mol. The van der Waals surface area contributed by atoms with Gasteiger partial charge in [-0.1, -0.05) is 44.6 Å². The summed E-state index contributed by atoms with van der Waals surface area (Å²) in [7, 11) is 0. The van der Waals surface area contributed by atoms with E-state index in [2.05, 4.69) is 40.3 Å². The molecule has 0 heterocycles. The number of fused-ring (bicyclic) bond motifs is 5. The molecule has 0 saturated heterocycles. The monoisotopic (exact) mass is 312 g/mol. The fourth-order valence-electron chi connectivity index (χ4n) is 7.88. The quantitative estimate of drug-likeness (QED) is 0.426. The zero-order valence-electron chi connectivity index (χ0n) is 15.9. The predicted octanol–water partition coefficient (Wildman–Crippen LogP) is 6.92. The van der Waals surface area contributed by atoms with Crippen LogP contribution in [-0.4, -0.2) is 0 Å². The SMILES string of the molecule is C=C1CCC2(C)C3CCC4(C)C(=CC)CCC4C3CCC2(C)C1. The molecule has 0 bridgehead atoms. The van der Waals surface area contributed by atoms with E-state index in [-0.39, 0.29) is 0 Å². The molecule has 0 aromatic rings. The lowest BCUT2D eigenvalue weighted by Crippen LogP contribution is -2.56. The second kappa shape index (κ2) is 4.99. The van der Waals surface area contributed by atoms with E-state index in [9.17, 15) is 0 Å². The average Bonchev–Trinajstić information content (AvgIpc) is 2.85. The van der Waals surface area contributed by atoms with Crippen molar-refractivity contribution in [1.29, 1.82) is 0 Å². The fourth-order valence-corrected chi connectivity index (χ4v) is 7.88. The van der Waals surface area contributed by atoms with Gasteiger partial charge in [0.2, 0.25) is 0 Å². The molecule has 4 rings (SSSR count). The highest BCUT2D eigenvalue weighted by Crippen LogP contribution is 2.70. The van der Waals surface area contributed by atoms with Gasteiger partial charge in [-0.2, -0.15) is 0 Å². The van der Waals surface area contributed by atoms with Crippen LogP contribution in [0.15, 0.2) is 23.8 Å². The van der Waals surface area contributed by atoms with Crippen molar-refractivity contribution in [3.63, 3.8) is 0 Å². The molecule has 4 aliphatic carbocycles. The van der Waals surface area contributed by atoms with Crippen molar-refractivity contribution in [1.82, 2.24) is 0 Å². The molecular weight excluding hydrogens is 276 g/mol. The summed E-state index contributed by atoms with van der Waals surface area (Å²) in [5.74, 6) is 2.94. The van der Waals surface area contributed by atoms with Gasteiger partial charge < -0.3 is 0 Å². The van der Waals surface area contributed by atoms with Gasteiger partial charge in [0.25, 0.3) is 0 Å². The van der Waals surface area contributed by atoms with E-state index in [4.69, 9.17) is 0 Å². The van der Waals surface area contributed by atoms with E-state index in [0.717, 1.165) is 17.8 Å². The Morgan fingerprint density at radius 3 is 2.48 bits per heavy atom. The molecule has 6 unspecified atom stereocenters. The molecule has 0 aromatic heterocycles. The Labute approximate surface area is 143 Å². The summed E-state index contributed by atoms with van der Waals surface area (Å²) in [6.07, 6.45) is 15.2. The van der Waals surface area contributed by atoms with Crippen molar-refractivity contribution in [2.45, 2.75) is 85.5 Å². The Kier molecular flexibility index (Phi) is 3.47. The molecule has 4 saturated carbocycles. The highest BCUT2D eigenvalue weighted by atomic mass is 14.7. The predicted molar refractivity (Wildman–Crippen MR) is 99.2 cm³/mol. The summed E-state index contributed by atoms with van der Waals surface area (Å²) in [4.78, 5) is 0. The Balaban J connectivity index is 1.69. The Bertz CT molecular complexity index is 554. The van der Waals surface area contributed by atoms with Crippen molar-refractivity contribution in [2.75, 3.05) is 0 Å². The fraction of sp³-hybridized carbons (Fsp3) is 0.826. The highest BCUT2D eigenvalue weighted by Gasteiger charge is 2.61. The third-order valence-corrected chi connectivity index (χ3v) is 9.50. The van der Waals surface area contributed by atoms with Crippen LogP contribution < -0.4 is 0 Å². The Hall–Kier alpha value is -0.520. The largest absolute Gasteiger partial charge is 0.0998 e. The molecule has 0 heteroatoms. The van der Waals surface area contributed by atoms with Gasteiger partial charge in [-0.05, 0) is 98.7 Å². The molecule has 4 fully saturated rings. The lowest BCUT2D eigenvalue weighted by molar-refractivity contribution is -0.135. The normalized spacial score (nSPS) is 54.5. The minimum atomic E-state index is 0.527. The molecule has 0 aliphatic heterocycles. The summed E-state index contributed by atoms with van der Waals surface area (Å²) in [6, 6.07) is 0. The van der Waals surface area contributed by atoms with Crippen LogP contribution in [0.2, 0.25) is 0 Å². The highest BCUT2D eigenvalue weighted by molar-refractivity contribution is 5.25.